The lowest BCUT2D eigenvalue weighted by atomic mass is 10.1. The van der Waals surface area contributed by atoms with Gasteiger partial charge in [0, 0.05) is 36.8 Å². The highest BCUT2D eigenvalue weighted by atomic mass is 32.1. The van der Waals surface area contributed by atoms with E-state index in [0.29, 0.717) is 12.2 Å². The summed E-state index contributed by atoms with van der Waals surface area (Å²) < 4.78 is 6.82. The van der Waals surface area contributed by atoms with Gasteiger partial charge >= 0.3 is 0 Å². The summed E-state index contributed by atoms with van der Waals surface area (Å²) in [7, 11) is 1.68. The maximum absolute atomic E-state index is 11.1. The van der Waals surface area contributed by atoms with Gasteiger partial charge in [0.05, 0.1) is 6.20 Å². The van der Waals surface area contributed by atoms with Crippen LogP contribution in [0.25, 0.3) is 22.0 Å². The number of amides is 1. The highest BCUT2D eigenvalue weighted by Gasteiger charge is 2.10. The molecule has 3 rings (SSSR count). The number of hydrogen-bond donors (Lipinski definition) is 1. The second-order valence-corrected chi connectivity index (χ2v) is 6.05. The first kappa shape index (κ1) is 16.3. The number of benzene rings is 1. The number of rotatable bonds is 7. The molecule has 2 heterocycles. The van der Waals surface area contributed by atoms with Crippen molar-refractivity contribution in [3.63, 3.8) is 0 Å². The zero-order valence-corrected chi connectivity index (χ0v) is 14.0. The first-order valence-corrected chi connectivity index (χ1v) is 8.30. The van der Waals surface area contributed by atoms with Crippen molar-refractivity contribution in [2.45, 2.75) is 13.0 Å². The number of aryl methyl sites for hydroxylation is 1. The van der Waals surface area contributed by atoms with Gasteiger partial charge in [0.15, 0.2) is 0 Å². The smallest absolute Gasteiger partial charge is 0.248 e. The molecule has 8 heteroatoms. The topological polar surface area (TPSA) is 95.9 Å². The Morgan fingerprint density at radius 3 is 2.79 bits per heavy atom. The van der Waals surface area contributed by atoms with Gasteiger partial charge in [-0.2, -0.15) is 0 Å². The van der Waals surface area contributed by atoms with E-state index in [1.54, 1.807) is 23.9 Å². The van der Waals surface area contributed by atoms with Crippen LogP contribution in [-0.2, 0) is 11.3 Å². The van der Waals surface area contributed by atoms with Crippen molar-refractivity contribution in [3.05, 3.63) is 41.4 Å². The molecule has 0 aliphatic carbocycles. The molecule has 0 bridgehead atoms. The van der Waals surface area contributed by atoms with Crippen LogP contribution in [0.2, 0.25) is 0 Å². The lowest BCUT2D eigenvalue weighted by Gasteiger charge is -1.98. The molecule has 24 heavy (non-hydrogen) atoms. The molecule has 0 unspecified atom stereocenters. The van der Waals surface area contributed by atoms with Crippen LogP contribution in [-0.4, -0.2) is 39.6 Å². The number of primary amides is 1. The molecule has 2 N–H and O–H groups in total. The Balaban J connectivity index is 1.74. The third-order valence-corrected chi connectivity index (χ3v) is 4.35. The van der Waals surface area contributed by atoms with Crippen LogP contribution in [0.5, 0.6) is 0 Å². The van der Waals surface area contributed by atoms with Crippen LogP contribution in [0, 0.1) is 0 Å². The summed E-state index contributed by atoms with van der Waals surface area (Å²) in [4.78, 5) is 15.7. The van der Waals surface area contributed by atoms with Crippen molar-refractivity contribution in [2.75, 3.05) is 13.7 Å². The van der Waals surface area contributed by atoms with Gasteiger partial charge in [0.25, 0.3) is 0 Å². The number of thiazole rings is 1. The molecule has 124 valence electrons. The maximum Gasteiger partial charge on any atom is 0.248 e. The van der Waals surface area contributed by atoms with Crippen LogP contribution < -0.4 is 5.73 Å². The predicted octanol–water partition coefficient (Wildman–Crippen LogP) is 2.20. The van der Waals surface area contributed by atoms with Crippen molar-refractivity contribution in [1.29, 1.82) is 0 Å². The number of ether oxygens (including phenoxy) is 1. The third kappa shape index (κ3) is 3.66. The normalized spacial score (nSPS) is 10.9. The minimum absolute atomic E-state index is 0.438. The van der Waals surface area contributed by atoms with Gasteiger partial charge in [-0.1, -0.05) is 17.3 Å². The predicted molar refractivity (Wildman–Crippen MR) is 91.6 cm³/mol. The van der Waals surface area contributed by atoms with Gasteiger partial charge < -0.3 is 10.5 Å². The van der Waals surface area contributed by atoms with E-state index in [9.17, 15) is 4.79 Å². The fraction of sp³-hybridized carbons (Fsp3) is 0.250. The average molecular weight is 343 g/mol. The van der Waals surface area contributed by atoms with Crippen molar-refractivity contribution in [3.8, 4) is 22.0 Å². The first-order chi connectivity index (χ1) is 11.7. The number of nitrogens with zero attached hydrogens (tertiary/aromatic N) is 4. The number of methoxy groups -OCH3 is 1. The number of carbonyl (C=O) groups is 1. The molecule has 0 saturated heterocycles. The van der Waals surface area contributed by atoms with Gasteiger partial charge in [-0.25, -0.2) is 4.98 Å². The Morgan fingerprint density at radius 2 is 2.08 bits per heavy atom. The molecule has 0 atom stereocenters. The zero-order valence-electron chi connectivity index (χ0n) is 13.2. The van der Waals surface area contributed by atoms with Crippen LogP contribution in [0.3, 0.4) is 0 Å². The molecule has 2 aromatic heterocycles. The summed E-state index contributed by atoms with van der Waals surface area (Å²) in [5.41, 5.74) is 8.19. The summed E-state index contributed by atoms with van der Waals surface area (Å²) in [5, 5.41) is 11.1. The summed E-state index contributed by atoms with van der Waals surface area (Å²) in [6, 6.07) is 7.07. The van der Waals surface area contributed by atoms with Crippen LogP contribution in [0.1, 0.15) is 16.8 Å². The molecule has 0 radical (unpaired) electrons. The van der Waals surface area contributed by atoms with Gasteiger partial charge in [-0.3, -0.25) is 9.48 Å². The number of hydrogen-bond acceptors (Lipinski definition) is 6. The van der Waals surface area contributed by atoms with E-state index in [1.807, 2.05) is 23.7 Å². The summed E-state index contributed by atoms with van der Waals surface area (Å²) >= 11 is 1.52. The molecule has 3 aromatic rings. The van der Waals surface area contributed by atoms with Crippen LogP contribution >= 0.6 is 11.3 Å². The number of nitrogens with two attached hydrogens (primary N) is 1. The Hall–Kier alpha value is -2.58. The van der Waals surface area contributed by atoms with E-state index >= 15 is 0 Å². The summed E-state index contributed by atoms with van der Waals surface area (Å²) in [5.74, 6) is -0.438. The Bertz CT molecular complexity index is 825. The van der Waals surface area contributed by atoms with Gasteiger partial charge in [0.1, 0.15) is 16.4 Å². The van der Waals surface area contributed by atoms with Gasteiger partial charge in [-0.05, 0) is 18.6 Å². The summed E-state index contributed by atoms with van der Waals surface area (Å²) in [6.45, 7) is 1.45. The van der Waals surface area contributed by atoms with Crippen LogP contribution in [0.4, 0.5) is 0 Å². The molecule has 0 saturated carbocycles. The lowest BCUT2D eigenvalue weighted by Crippen LogP contribution is -2.10. The van der Waals surface area contributed by atoms with Crippen molar-refractivity contribution in [2.24, 2.45) is 5.73 Å². The van der Waals surface area contributed by atoms with Gasteiger partial charge in [0.2, 0.25) is 5.91 Å². The van der Waals surface area contributed by atoms with E-state index in [4.69, 9.17) is 10.5 Å². The molecular formula is C16H17N5O2S. The van der Waals surface area contributed by atoms with E-state index in [1.165, 1.54) is 11.3 Å². The lowest BCUT2D eigenvalue weighted by molar-refractivity contribution is 0.100. The van der Waals surface area contributed by atoms with Crippen molar-refractivity contribution in [1.82, 2.24) is 20.0 Å². The van der Waals surface area contributed by atoms with Crippen LogP contribution in [0.15, 0.2) is 35.8 Å². The van der Waals surface area contributed by atoms with Crippen molar-refractivity contribution >= 4 is 17.2 Å². The quantitative estimate of drug-likeness (QED) is 0.664. The monoisotopic (exact) mass is 343 g/mol. The molecule has 0 aliphatic heterocycles. The molecule has 0 fully saturated rings. The average Bonchev–Trinajstić information content (AvgIpc) is 3.24. The first-order valence-electron chi connectivity index (χ1n) is 7.42. The van der Waals surface area contributed by atoms with Gasteiger partial charge in [-0.15, -0.1) is 16.4 Å². The maximum atomic E-state index is 11.1. The Morgan fingerprint density at radius 1 is 1.29 bits per heavy atom. The zero-order chi connectivity index (χ0) is 16.9. The molecular weight excluding hydrogens is 326 g/mol. The van der Waals surface area contributed by atoms with E-state index in [-0.39, 0.29) is 0 Å². The fourth-order valence-corrected chi connectivity index (χ4v) is 3.02. The van der Waals surface area contributed by atoms with E-state index in [2.05, 4.69) is 15.3 Å². The highest BCUT2D eigenvalue weighted by Crippen LogP contribution is 2.28. The SMILES string of the molecule is COCCCn1cc(-c2csc(-c3ccc(C(N)=O)cc3)n2)nn1. The molecule has 7 nitrogen and oxygen atoms in total. The molecule has 0 spiro atoms. The second kappa shape index (κ2) is 7.33. The van der Waals surface area contributed by atoms with Crippen molar-refractivity contribution < 1.29 is 9.53 Å². The standard InChI is InChI=1S/C16H17N5O2S/c1-23-8-2-7-21-9-13(19-20-21)14-10-24-16(18-14)12-5-3-11(4-6-12)15(17)22/h3-6,9-10H,2,7-8H2,1H3,(H2,17,22). The summed E-state index contributed by atoms with van der Waals surface area (Å²) in [6.07, 6.45) is 2.76. The van der Waals surface area contributed by atoms with E-state index in [0.717, 1.165) is 34.9 Å². The minimum atomic E-state index is -0.438. The number of aromatic nitrogens is 4. The second-order valence-electron chi connectivity index (χ2n) is 5.19. The van der Waals surface area contributed by atoms with E-state index < -0.39 is 5.91 Å². The Kier molecular flexibility index (Phi) is 4.97. The molecule has 1 aromatic carbocycles. The fourth-order valence-electron chi connectivity index (χ4n) is 2.20. The number of carbonyl (C=O) groups excluding carboxylic acids is 1. The third-order valence-electron chi connectivity index (χ3n) is 3.46. The molecule has 0 aliphatic rings. The minimum Gasteiger partial charge on any atom is -0.385 e. The largest absolute Gasteiger partial charge is 0.385 e. The highest BCUT2D eigenvalue weighted by molar-refractivity contribution is 7.13. The molecule has 1 amide bonds. The Labute approximate surface area is 143 Å².